The number of aryl methyl sites for hydroxylation is 2. The first-order valence-electron chi connectivity index (χ1n) is 7.22. The molecular formula is C16H22N2O3. The molecule has 1 saturated heterocycles. The maximum absolute atomic E-state index is 12.5. The first-order chi connectivity index (χ1) is 9.88. The van der Waals surface area contributed by atoms with E-state index in [9.17, 15) is 9.59 Å². The summed E-state index contributed by atoms with van der Waals surface area (Å²) >= 11 is 0. The number of hydrogen-bond donors (Lipinski definition) is 1. The van der Waals surface area contributed by atoms with Gasteiger partial charge in [0.1, 0.15) is 0 Å². The van der Waals surface area contributed by atoms with E-state index in [2.05, 4.69) is 6.07 Å². The molecule has 5 nitrogen and oxygen atoms in total. The third-order valence-corrected chi connectivity index (χ3v) is 3.92. The summed E-state index contributed by atoms with van der Waals surface area (Å²) in [6.45, 7) is 4.91. The Morgan fingerprint density at radius 2 is 1.86 bits per heavy atom. The number of likely N-dealkylation sites (tertiary alicyclic amines) is 1. The lowest BCUT2D eigenvalue weighted by atomic mass is 9.98. The van der Waals surface area contributed by atoms with Gasteiger partial charge in [0.15, 0.2) is 0 Å². The van der Waals surface area contributed by atoms with E-state index in [1.165, 1.54) is 0 Å². The van der Waals surface area contributed by atoms with Crippen LogP contribution in [0.15, 0.2) is 18.2 Å². The third kappa shape index (κ3) is 3.54. The number of aliphatic carboxylic acids is 1. The fourth-order valence-corrected chi connectivity index (χ4v) is 2.82. The summed E-state index contributed by atoms with van der Waals surface area (Å²) < 4.78 is 0. The molecule has 0 bridgehead atoms. The number of amides is 2. The van der Waals surface area contributed by atoms with Gasteiger partial charge in [-0.25, -0.2) is 4.79 Å². The molecule has 1 atom stereocenters. The van der Waals surface area contributed by atoms with Crippen molar-refractivity contribution in [2.45, 2.75) is 26.7 Å². The zero-order chi connectivity index (χ0) is 15.6. The molecule has 1 unspecified atom stereocenters. The van der Waals surface area contributed by atoms with Gasteiger partial charge in [-0.15, -0.1) is 0 Å². The van der Waals surface area contributed by atoms with Crippen LogP contribution in [0.5, 0.6) is 0 Å². The number of carboxylic acid groups (broad SMARTS) is 1. The number of rotatable bonds is 2. The molecule has 1 aliphatic rings. The van der Waals surface area contributed by atoms with E-state index in [0.29, 0.717) is 19.5 Å². The van der Waals surface area contributed by atoms with Crippen molar-refractivity contribution in [3.05, 3.63) is 29.3 Å². The second kappa shape index (κ2) is 6.16. The van der Waals surface area contributed by atoms with Crippen LogP contribution >= 0.6 is 0 Å². The molecule has 0 spiro atoms. The number of carbonyl (C=O) groups excluding carboxylic acids is 1. The molecule has 2 rings (SSSR count). The summed E-state index contributed by atoms with van der Waals surface area (Å²) in [6.07, 6.45) is 1.38. The van der Waals surface area contributed by atoms with Crippen LogP contribution in [-0.2, 0) is 4.79 Å². The summed E-state index contributed by atoms with van der Waals surface area (Å²) in [5, 5.41) is 9.11. The number of nitrogens with zero attached hydrogens (tertiary/aromatic N) is 2. The van der Waals surface area contributed by atoms with Gasteiger partial charge >= 0.3 is 12.0 Å². The first kappa shape index (κ1) is 15.4. The summed E-state index contributed by atoms with van der Waals surface area (Å²) in [4.78, 5) is 26.9. The van der Waals surface area contributed by atoms with Crippen LogP contribution in [0.2, 0.25) is 0 Å². The van der Waals surface area contributed by atoms with Gasteiger partial charge in [-0.1, -0.05) is 6.07 Å². The van der Waals surface area contributed by atoms with E-state index in [1.54, 1.807) is 16.8 Å². The second-order valence-electron chi connectivity index (χ2n) is 5.81. The minimum Gasteiger partial charge on any atom is -0.481 e. The van der Waals surface area contributed by atoms with Crippen molar-refractivity contribution in [2.75, 3.05) is 25.0 Å². The molecule has 1 heterocycles. The van der Waals surface area contributed by atoms with Crippen molar-refractivity contribution in [1.82, 2.24) is 4.90 Å². The zero-order valence-electron chi connectivity index (χ0n) is 12.8. The number of piperidine rings is 1. The summed E-state index contributed by atoms with van der Waals surface area (Å²) in [5.74, 6) is -1.27. The molecule has 21 heavy (non-hydrogen) atoms. The lowest BCUT2D eigenvalue weighted by Crippen LogP contribution is -2.47. The van der Waals surface area contributed by atoms with Gasteiger partial charge in [0, 0.05) is 25.8 Å². The highest BCUT2D eigenvalue weighted by Gasteiger charge is 2.29. The van der Waals surface area contributed by atoms with Crippen molar-refractivity contribution < 1.29 is 14.7 Å². The van der Waals surface area contributed by atoms with E-state index in [-0.39, 0.29) is 6.03 Å². The molecule has 0 radical (unpaired) electrons. The van der Waals surface area contributed by atoms with Crippen LogP contribution in [0.25, 0.3) is 0 Å². The monoisotopic (exact) mass is 290 g/mol. The number of hydrogen-bond acceptors (Lipinski definition) is 2. The average Bonchev–Trinajstić information content (AvgIpc) is 2.44. The van der Waals surface area contributed by atoms with Crippen LogP contribution in [0.4, 0.5) is 10.5 Å². The highest BCUT2D eigenvalue weighted by molar-refractivity contribution is 5.92. The van der Waals surface area contributed by atoms with Crippen LogP contribution in [-0.4, -0.2) is 42.1 Å². The highest BCUT2D eigenvalue weighted by atomic mass is 16.4. The summed E-state index contributed by atoms with van der Waals surface area (Å²) in [5.41, 5.74) is 3.05. The number of carboxylic acids is 1. The Labute approximate surface area is 125 Å². The van der Waals surface area contributed by atoms with Crippen molar-refractivity contribution in [3.63, 3.8) is 0 Å². The molecule has 0 saturated carbocycles. The fraction of sp³-hybridized carbons (Fsp3) is 0.500. The van der Waals surface area contributed by atoms with Gasteiger partial charge in [0.2, 0.25) is 0 Å². The van der Waals surface area contributed by atoms with E-state index in [4.69, 9.17) is 5.11 Å². The number of anilines is 1. The van der Waals surface area contributed by atoms with Gasteiger partial charge in [-0.3, -0.25) is 9.69 Å². The molecule has 2 amide bonds. The molecule has 1 aromatic carbocycles. The zero-order valence-corrected chi connectivity index (χ0v) is 12.8. The molecule has 1 fully saturated rings. The number of carbonyl (C=O) groups is 2. The van der Waals surface area contributed by atoms with Crippen molar-refractivity contribution in [1.29, 1.82) is 0 Å². The first-order valence-corrected chi connectivity index (χ1v) is 7.22. The minimum absolute atomic E-state index is 0.133. The Hall–Kier alpha value is -2.04. The maximum atomic E-state index is 12.5. The van der Waals surface area contributed by atoms with Gasteiger partial charge in [-0.05, 0) is 49.9 Å². The van der Waals surface area contributed by atoms with Crippen molar-refractivity contribution >= 4 is 17.7 Å². The Balaban J connectivity index is 2.13. The molecule has 5 heteroatoms. The second-order valence-corrected chi connectivity index (χ2v) is 5.81. The van der Waals surface area contributed by atoms with Gasteiger partial charge < -0.3 is 10.0 Å². The maximum Gasteiger partial charge on any atom is 0.324 e. The van der Waals surface area contributed by atoms with Crippen LogP contribution < -0.4 is 4.90 Å². The van der Waals surface area contributed by atoms with Gasteiger partial charge in [0.25, 0.3) is 0 Å². The van der Waals surface area contributed by atoms with Crippen LogP contribution in [0.1, 0.15) is 24.0 Å². The molecule has 0 aromatic heterocycles. The summed E-state index contributed by atoms with van der Waals surface area (Å²) in [6, 6.07) is 5.85. The van der Waals surface area contributed by atoms with Gasteiger partial charge in [-0.2, -0.15) is 0 Å². The Kier molecular flexibility index (Phi) is 4.50. The van der Waals surface area contributed by atoms with Gasteiger partial charge in [0.05, 0.1) is 5.92 Å². The smallest absolute Gasteiger partial charge is 0.324 e. The Morgan fingerprint density at radius 3 is 2.43 bits per heavy atom. The highest BCUT2D eigenvalue weighted by Crippen LogP contribution is 2.22. The SMILES string of the molecule is Cc1cc(C)cc(N(C)C(=O)N2CCCC(C(=O)O)C2)c1. The molecule has 0 aliphatic carbocycles. The summed E-state index contributed by atoms with van der Waals surface area (Å²) in [7, 11) is 1.74. The predicted molar refractivity (Wildman–Crippen MR) is 81.6 cm³/mol. The standard InChI is InChI=1S/C16H22N2O3/c1-11-7-12(2)9-14(8-11)17(3)16(21)18-6-4-5-13(10-18)15(19)20/h7-9,13H,4-6,10H2,1-3H3,(H,19,20). The fourth-order valence-electron chi connectivity index (χ4n) is 2.82. The van der Waals surface area contributed by atoms with Crippen molar-refractivity contribution in [3.8, 4) is 0 Å². The number of urea groups is 1. The lowest BCUT2D eigenvalue weighted by Gasteiger charge is -2.34. The molecule has 1 aromatic rings. The van der Waals surface area contributed by atoms with Crippen LogP contribution in [0, 0.1) is 19.8 Å². The topological polar surface area (TPSA) is 60.9 Å². The Bertz CT molecular complexity index is 536. The van der Waals surface area contributed by atoms with Crippen molar-refractivity contribution in [2.24, 2.45) is 5.92 Å². The minimum atomic E-state index is -0.818. The quantitative estimate of drug-likeness (QED) is 0.911. The largest absolute Gasteiger partial charge is 0.481 e. The van der Waals surface area contributed by atoms with E-state index in [1.807, 2.05) is 26.0 Å². The van der Waals surface area contributed by atoms with E-state index >= 15 is 0 Å². The molecule has 114 valence electrons. The van der Waals surface area contributed by atoms with E-state index < -0.39 is 11.9 Å². The van der Waals surface area contributed by atoms with E-state index in [0.717, 1.165) is 23.2 Å². The Morgan fingerprint density at radius 1 is 1.24 bits per heavy atom. The predicted octanol–water partition coefficient (Wildman–Crippen LogP) is 2.66. The number of benzene rings is 1. The third-order valence-electron chi connectivity index (χ3n) is 3.92. The molecule has 1 N–H and O–H groups in total. The van der Waals surface area contributed by atoms with Crippen LogP contribution in [0.3, 0.4) is 0 Å². The molecular weight excluding hydrogens is 268 g/mol. The lowest BCUT2D eigenvalue weighted by molar-refractivity contribution is -0.143. The normalized spacial score (nSPS) is 18.4. The molecule has 1 aliphatic heterocycles. The average molecular weight is 290 g/mol.